The summed E-state index contributed by atoms with van der Waals surface area (Å²) in [5.74, 6) is -0.210. The van der Waals surface area contributed by atoms with Crippen molar-refractivity contribution in [1.29, 1.82) is 0 Å². The molecule has 0 rings (SSSR count). The summed E-state index contributed by atoms with van der Waals surface area (Å²) in [5, 5.41) is 13.9. The summed E-state index contributed by atoms with van der Waals surface area (Å²) >= 11 is 0. The molecule has 9 heteroatoms. The second-order valence-corrected chi connectivity index (χ2v) is 26.6. The molecule has 484 valence electrons. The molecule has 0 aliphatic heterocycles. The monoisotopic (exact) mass is 1180 g/mol. The van der Waals surface area contributed by atoms with E-state index in [1.807, 2.05) is 27.2 Å². The normalized spacial score (nSPS) is 14.2. The quantitative estimate of drug-likeness (QED) is 0.0272. The molecule has 0 aliphatic rings. The molecule has 0 radical (unpaired) electrons. The summed E-state index contributed by atoms with van der Waals surface area (Å²) in [4.78, 5) is 25.6. The summed E-state index contributed by atoms with van der Waals surface area (Å²) in [6.07, 6.45) is 91.5. The molecule has 0 saturated heterocycles. The minimum Gasteiger partial charge on any atom is -0.756 e. The highest BCUT2D eigenvalue weighted by molar-refractivity contribution is 7.45. The number of aliphatic hydroxyl groups excluding tert-OH is 1. The molecule has 83 heavy (non-hydrogen) atoms. The van der Waals surface area contributed by atoms with Gasteiger partial charge >= 0.3 is 0 Å². The predicted molar refractivity (Wildman–Crippen MR) is 362 cm³/mol. The first-order valence-corrected chi connectivity index (χ1v) is 36.9. The van der Waals surface area contributed by atoms with E-state index in [4.69, 9.17) is 9.05 Å². The van der Waals surface area contributed by atoms with E-state index < -0.39 is 26.6 Å². The first-order chi connectivity index (χ1) is 40.5. The number of phosphoric ester groups is 1. The highest BCUT2D eigenvalue weighted by Crippen LogP contribution is 2.38. The lowest BCUT2D eigenvalue weighted by atomic mass is 10.0. The van der Waals surface area contributed by atoms with Crippen LogP contribution in [0.4, 0.5) is 0 Å². The van der Waals surface area contributed by atoms with Gasteiger partial charge in [0.05, 0.1) is 39.9 Å². The number of nitrogens with one attached hydrogen (secondary N) is 1. The largest absolute Gasteiger partial charge is 0.756 e. The van der Waals surface area contributed by atoms with E-state index >= 15 is 0 Å². The maximum Gasteiger partial charge on any atom is 0.268 e. The fourth-order valence-electron chi connectivity index (χ4n) is 10.4. The van der Waals surface area contributed by atoms with Gasteiger partial charge < -0.3 is 28.8 Å². The summed E-state index contributed by atoms with van der Waals surface area (Å²) in [7, 11) is 1.24. The molecule has 3 unspecified atom stereocenters. The van der Waals surface area contributed by atoms with Gasteiger partial charge in [0.15, 0.2) is 0 Å². The van der Waals surface area contributed by atoms with Crippen molar-refractivity contribution in [3.8, 4) is 0 Å². The van der Waals surface area contributed by atoms with Gasteiger partial charge in [-0.1, -0.05) is 324 Å². The molecule has 0 aromatic carbocycles. The molecule has 0 aliphatic carbocycles. The van der Waals surface area contributed by atoms with Crippen LogP contribution >= 0.6 is 7.82 Å². The van der Waals surface area contributed by atoms with Gasteiger partial charge in [-0.3, -0.25) is 9.36 Å². The van der Waals surface area contributed by atoms with Crippen molar-refractivity contribution in [1.82, 2.24) is 5.32 Å². The van der Waals surface area contributed by atoms with Crippen LogP contribution in [0.15, 0.2) is 85.1 Å². The van der Waals surface area contributed by atoms with Crippen LogP contribution in [0.3, 0.4) is 0 Å². The average molecular weight is 1180 g/mol. The van der Waals surface area contributed by atoms with Crippen LogP contribution in [0, 0.1) is 0 Å². The van der Waals surface area contributed by atoms with Crippen LogP contribution in [-0.4, -0.2) is 68.5 Å². The van der Waals surface area contributed by atoms with Gasteiger partial charge in [0.1, 0.15) is 13.2 Å². The molecule has 1 amide bonds. The lowest BCUT2D eigenvalue weighted by Gasteiger charge is -2.29. The zero-order valence-corrected chi connectivity index (χ0v) is 56.3. The number of amides is 1. The van der Waals surface area contributed by atoms with Crippen LogP contribution in [0.25, 0.3) is 0 Å². The number of rotatable bonds is 65. The van der Waals surface area contributed by atoms with Gasteiger partial charge in [-0.15, -0.1) is 0 Å². The van der Waals surface area contributed by atoms with Crippen LogP contribution in [0.1, 0.15) is 328 Å². The van der Waals surface area contributed by atoms with Crippen LogP contribution < -0.4 is 10.2 Å². The Labute approximate surface area is 516 Å². The minimum atomic E-state index is -4.62. The molecular formula is C74H137N2O6P. The van der Waals surface area contributed by atoms with Gasteiger partial charge in [0.25, 0.3) is 7.82 Å². The Morgan fingerprint density at radius 1 is 0.434 bits per heavy atom. The van der Waals surface area contributed by atoms with E-state index in [1.54, 1.807) is 6.08 Å². The summed E-state index contributed by atoms with van der Waals surface area (Å²) < 4.78 is 23.4. The molecule has 8 nitrogen and oxygen atoms in total. The van der Waals surface area contributed by atoms with E-state index in [-0.39, 0.29) is 12.5 Å². The van der Waals surface area contributed by atoms with Crippen molar-refractivity contribution in [3.05, 3.63) is 85.1 Å². The topological polar surface area (TPSA) is 108 Å². The number of hydrogen-bond acceptors (Lipinski definition) is 6. The molecule has 0 aromatic heterocycles. The molecule has 2 N–H and O–H groups in total. The zero-order valence-electron chi connectivity index (χ0n) is 55.4. The number of carbonyl (C=O) groups excluding carboxylic acids is 1. The molecule has 0 fully saturated rings. The summed E-state index contributed by atoms with van der Waals surface area (Å²) in [6.45, 7) is 4.54. The average Bonchev–Trinajstić information content (AvgIpc) is 3.50. The van der Waals surface area contributed by atoms with Gasteiger partial charge in [0.2, 0.25) is 5.91 Å². The predicted octanol–water partition coefficient (Wildman–Crippen LogP) is 22.1. The van der Waals surface area contributed by atoms with Crippen molar-refractivity contribution < 1.29 is 32.9 Å². The van der Waals surface area contributed by atoms with Crippen LogP contribution in [-0.2, 0) is 18.4 Å². The lowest BCUT2D eigenvalue weighted by Crippen LogP contribution is -2.45. The Hall–Kier alpha value is -2.32. The number of unbranched alkanes of at least 4 members (excludes halogenated alkanes) is 40. The second kappa shape index (κ2) is 64.2. The summed E-state index contributed by atoms with van der Waals surface area (Å²) in [5.41, 5.74) is 0. The highest BCUT2D eigenvalue weighted by Gasteiger charge is 2.23. The smallest absolute Gasteiger partial charge is 0.268 e. The molecular weight excluding hydrogens is 1040 g/mol. The van der Waals surface area contributed by atoms with Crippen molar-refractivity contribution in [3.63, 3.8) is 0 Å². The van der Waals surface area contributed by atoms with E-state index in [2.05, 4.69) is 92.1 Å². The minimum absolute atomic E-state index is 0.0111. The van der Waals surface area contributed by atoms with Crippen molar-refractivity contribution in [2.24, 2.45) is 0 Å². The fourth-order valence-corrected chi connectivity index (χ4v) is 11.1. The third-order valence-corrected chi connectivity index (χ3v) is 16.8. The fraction of sp³-hybridized carbons (Fsp3) is 0.797. The second-order valence-electron chi connectivity index (χ2n) is 25.2. The third-order valence-electron chi connectivity index (χ3n) is 15.8. The van der Waals surface area contributed by atoms with Crippen LogP contribution in [0.2, 0.25) is 0 Å². The molecule has 0 saturated carbocycles. The number of phosphoric acid groups is 1. The molecule has 0 heterocycles. The van der Waals surface area contributed by atoms with Gasteiger partial charge in [-0.2, -0.15) is 0 Å². The van der Waals surface area contributed by atoms with Crippen LogP contribution in [0.5, 0.6) is 0 Å². The van der Waals surface area contributed by atoms with Gasteiger partial charge in [-0.25, -0.2) is 0 Å². The number of carbonyl (C=O) groups is 1. The van der Waals surface area contributed by atoms with Gasteiger partial charge in [0, 0.05) is 6.42 Å². The van der Waals surface area contributed by atoms with Crippen molar-refractivity contribution in [2.75, 3.05) is 40.9 Å². The Bertz CT molecular complexity index is 1630. The number of hydrogen-bond donors (Lipinski definition) is 2. The Balaban J connectivity index is 4.12. The standard InChI is InChI=1S/C74H137N2O6P/c1-6-8-10-12-14-16-18-20-22-24-26-28-30-32-34-36-37-38-40-41-43-45-47-49-51-53-55-57-59-61-63-65-67-73(77)72(71-82-83(79,80)81-70-69-76(3,4)5)75-74(78)68-66-64-62-60-58-56-54-52-50-48-46-44-42-39-35-33-31-29-27-25-23-21-19-17-15-13-11-9-7-2/h9,11,15,17,21,23,27,29,49,51,57,59,65,67,72-73,77H,6-8,10,12-14,16,18-20,22,24-26,28,30-48,50,52-56,58,60-64,66,68-71H2,1-5H3,(H-,75,78,79,80)/b11-9-,17-15-,23-21-,29-27-,51-49+,59-57+,67-65+. The molecule has 3 atom stereocenters. The van der Waals surface area contributed by atoms with E-state index in [0.717, 1.165) is 70.6 Å². The van der Waals surface area contributed by atoms with E-state index in [1.165, 1.54) is 238 Å². The Morgan fingerprint density at radius 2 is 0.747 bits per heavy atom. The molecule has 0 bridgehead atoms. The van der Waals surface area contributed by atoms with E-state index in [9.17, 15) is 19.4 Å². The number of allylic oxidation sites excluding steroid dienone is 13. The molecule has 0 aromatic rings. The highest BCUT2D eigenvalue weighted by atomic mass is 31.2. The number of quaternary nitrogens is 1. The maximum absolute atomic E-state index is 13.0. The number of nitrogens with zero attached hydrogens (tertiary/aromatic N) is 1. The van der Waals surface area contributed by atoms with E-state index in [0.29, 0.717) is 17.4 Å². The number of aliphatic hydroxyl groups is 1. The zero-order chi connectivity index (χ0) is 60.5. The van der Waals surface area contributed by atoms with Crippen molar-refractivity contribution >= 4 is 13.7 Å². The first-order valence-electron chi connectivity index (χ1n) is 35.4. The molecule has 0 spiro atoms. The third kappa shape index (κ3) is 67.1. The Kier molecular flexibility index (Phi) is 62.4. The van der Waals surface area contributed by atoms with Gasteiger partial charge in [-0.05, 0) is 83.5 Å². The SMILES string of the molecule is CC/C=C\C/C=C\C/C=C\C/C=C\CCCCCCCCCCCCCCCCCCC(=O)NC(COP(=O)([O-])OCC[N+](C)(C)C)C(O)/C=C/CC/C=C/CC/C=C/CCCCCCCCCCCCCCCCCCCCCCCC. The maximum atomic E-state index is 13.0. The Morgan fingerprint density at radius 3 is 1.12 bits per heavy atom. The lowest BCUT2D eigenvalue weighted by molar-refractivity contribution is -0.870. The van der Waals surface area contributed by atoms with Crippen molar-refractivity contribution in [2.45, 2.75) is 341 Å². The number of likely N-dealkylation sites (N-methyl/N-ethyl adjacent to an activating group) is 1. The first kappa shape index (κ1) is 80.7. The summed E-state index contributed by atoms with van der Waals surface area (Å²) in [6, 6.07) is -0.916.